The van der Waals surface area contributed by atoms with E-state index >= 15 is 8.78 Å². The van der Waals surface area contributed by atoms with Gasteiger partial charge < -0.3 is 39.9 Å². The van der Waals surface area contributed by atoms with Crippen LogP contribution in [0.3, 0.4) is 0 Å². The number of hydrogen-bond donors (Lipinski definition) is 4. The van der Waals surface area contributed by atoms with Gasteiger partial charge in [0.1, 0.15) is 92.7 Å². The number of halogens is 5. The van der Waals surface area contributed by atoms with Crippen molar-refractivity contribution >= 4 is 140 Å². The second-order valence-electron chi connectivity index (χ2n) is 31.9. The quantitative estimate of drug-likeness (QED) is 0.0152. The number of pyridine rings is 5. The normalized spacial score (nSPS) is 13.3. The largest absolute Gasteiger partial charge is 0.411 e. The van der Waals surface area contributed by atoms with Gasteiger partial charge in [-0.05, 0) is 146 Å². The minimum atomic E-state index is -0.855. The Balaban J connectivity index is 0.000000120. The minimum Gasteiger partial charge on any atom is -0.411 e. The smallest absolute Gasteiger partial charge is 0.221 e. The van der Waals surface area contributed by atoms with E-state index in [-0.39, 0.29) is 99.5 Å². The van der Waals surface area contributed by atoms with Gasteiger partial charge in [-0.25, -0.2) is 95.2 Å². The topological polar surface area (TPSA) is 527 Å². The summed E-state index contributed by atoms with van der Waals surface area (Å²) in [6.45, 7) is 17.1. The Labute approximate surface area is 780 Å². The fourth-order valence-corrected chi connectivity index (χ4v) is 14.1. The van der Waals surface area contributed by atoms with Crippen LogP contribution in [0.15, 0.2) is 209 Å². The van der Waals surface area contributed by atoms with E-state index in [9.17, 15) is 18.3 Å². The summed E-state index contributed by atoms with van der Waals surface area (Å²) in [4.78, 5) is 79.9. The molecule has 0 amide bonds. The molecule has 20 aromatic rings. The standard InChI is InChI=1S/C20H21N7O2.C19H17F2N7O2.C19H17N7O2.C17H13F2N7O.C16H12FN7O/c1-13(25-29-20(2,3)12-28)17-10-22-18-19(23-17)27(26-24-18)11-14-6-7-16-15(9-14)5-4-8-21-16;1-10(26-30-7-6-29)15-9-23-18-19(24-15)28(27-25-18)11(2)16-13(20)8-14-12(17(16)21)4-3-5-22-14;1-12(24-28-15-10-27-11-15)17-8-21-18-19(22-17)26(25-23-18)9-13-4-5-16-14(7-13)3-2-6-20-16;1-8(24-27)13-7-21-16-17(22-13)26(25-23-16)9(2)14-11(18)6-12-10(15(14)19)4-3-5-20-12;1-9(22-25)14-7-19-15-16(20-14)24(23-21-15)8-11-5-10-3-2-4-18-13(10)6-12(11)17/h4-10,28H,11-12H2,1-3H3;3-5,8-9,11,29H,6-7H2,1-2H3;2-8,15H,9-11H2,1H3;3-7,9,27H,1-2H3;2-7,25H,8H2,1H3/b25-13+;26-10+;24-12+;24-8+;22-9+. The monoisotopic (exact) mass is 1890 g/mol. The third kappa shape index (κ3) is 20.6. The molecule has 21 rings (SSSR count). The molecule has 43 nitrogen and oxygen atoms in total. The summed E-state index contributed by atoms with van der Waals surface area (Å²) in [7, 11) is 0. The average Bonchev–Trinajstić information content (AvgIpc) is 1.74. The number of nitrogens with zero attached hydrogens (tertiary/aromatic N) is 35. The zero-order valence-corrected chi connectivity index (χ0v) is 75.2. The molecule has 0 radical (unpaired) electrons. The van der Waals surface area contributed by atoms with Gasteiger partial charge in [0.2, 0.25) is 28.2 Å². The summed E-state index contributed by atoms with van der Waals surface area (Å²) in [5.74, 6) is -3.30. The van der Waals surface area contributed by atoms with Gasteiger partial charge in [0.15, 0.2) is 39.9 Å². The van der Waals surface area contributed by atoms with Crippen molar-refractivity contribution in [3.05, 3.63) is 269 Å². The van der Waals surface area contributed by atoms with Crippen molar-refractivity contribution in [2.75, 3.05) is 33.0 Å². The molecule has 1 saturated heterocycles. The number of aromatic nitrogens is 30. The molecule has 0 aliphatic carbocycles. The molecule has 2 atom stereocenters. The Morgan fingerprint density at radius 3 is 1.22 bits per heavy atom. The first-order valence-electron chi connectivity index (χ1n) is 42.7. The number of hydrogen-bond acceptors (Lipinski definition) is 38. The molecule has 139 heavy (non-hydrogen) atoms. The molecule has 0 bridgehead atoms. The fourth-order valence-electron chi connectivity index (χ4n) is 14.1. The van der Waals surface area contributed by atoms with Crippen molar-refractivity contribution in [3.8, 4) is 0 Å². The second-order valence-corrected chi connectivity index (χ2v) is 31.9. The van der Waals surface area contributed by atoms with Crippen molar-refractivity contribution in [3.63, 3.8) is 0 Å². The number of aliphatic hydroxyl groups is 2. The van der Waals surface area contributed by atoms with Crippen molar-refractivity contribution in [1.82, 2.24) is 150 Å². The van der Waals surface area contributed by atoms with Crippen LogP contribution in [0.2, 0.25) is 0 Å². The maximum Gasteiger partial charge on any atom is 0.221 e. The van der Waals surface area contributed by atoms with Crippen LogP contribution in [0.1, 0.15) is 131 Å². The molecule has 0 spiro atoms. The van der Waals surface area contributed by atoms with E-state index in [0.29, 0.717) is 123 Å². The van der Waals surface area contributed by atoms with E-state index < -0.39 is 41.0 Å². The van der Waals surface area contributed by atoms with Gasteiger partial charge in [0.05, 0.1) is 117 Å². The van der Waals surface area contributed by atoms with Crippen LogP contribution in [-0.4, -0.2) is 244 Å². The molecule has 16 heterocycles. The number of rotatable bonds is 23. The van der Waals surface area contributed by atoms with Gasteiger partial charge in [0.25, 0.3) is 0 Å². The van der Waals surface area contributed by atoms with E-state index in [4.69, 9.17) is 34.8 Å². The van der Waals surface area contributed by atoms with E-state index in [1.165, 1.54) is 75.4 Å². The van der Waals surface area contributed by atoms with Crippen molar-refractivity contribution < 1.29 is 61.8 Å². The van der Waals surface area contributed by atoms with E-state index in [1.807, 2.05) is 61.5 Å². The van der Waals surface area contributed by atoms with Gasteiger partial charge in [0, 0.05) is 92.8 Å². The predicted octanol–water partition coefficient (Wildman–Crippen LogP) is 11.7. The highest BCUT2D eigenvalue weighted by atomic mass is 19.1. The van der Waals surface area contributed by atoms with Gasteiger partial charge in [-0.1, -0.05) is 82.2 Å². The highest BCUT2D eigenvalue weighted by Crippen LogP contribution is 2.34. The third-order valence-electron chi connectivity index (χ3n) is 21.7. The molecular formula is C91H80F5N35O8. The molecule has 5 aromatic carbocycles. The number of aliphatic hydroxyl groups excluding tert-OH is 2. The van der Waals surface area contributed by atoms with Crippen molar-refractivity contribution in [2.45, 2.75) is 106 Å². The van der Waals surface area contributed by atoms with E-state index in [1.54, 1.807) is 120 Å². The first-order chi connectivity index (χ1) is 67.4. The summed E-state index contributed by atoms with van der Waals surface area (Å²) >= 11 is 0. The molecule has 1 aliphatic rings. The summed E-state index contributed by atoms with van der Waals surface area (Å²) in [6.07, 6.45) is 15.6. The maximum absolute atomic E-state index is 15.1. The lowest BCUT2D eigenvalue weighted by Crippen LogP contribution is -2.34. The Morgan fingerprint density at radius 1 is 0.424 bits per heavy atom. The molecule has 1 aliphatic heterocycles. The zero-order valence-electron chi connectivity index (χ0n) is 75.2. The number of ether oxygens (including phenoxy) is 1. The van der Waals surface area contributed by atoms with Gasteiger partial charge in [-0.2, -0.15) is 0 Å². The number of benzene rings is 5. The second kappa shape index (κ2) is 41.1. The molecule has 2 unspecified atom stereocenters. The van der Waals surface area contributed by atoms with Crippen molar-refractivity contribution in [2.24, 2.45) is 25.8 Å². The predicted molar refractivity (Wildman–Crippen MR) is 495 cm³/mol. The van der Waals surface area contributed by atoms with Gasteiger partial charge in [-0.15, -0.1) is 25.5 Å². The highest BCUT2D eigenvalue weighted by Gasteiger charge is 2.29. The SMILES string of the molecule is C/C(=N\O)c1cnc2nnn(C(C)c3c(F)cc4ncccc4c3F)c2n1.C/C(=N\O)c1cnc2nnn(Cc3cc4cccnc4cc3F)c2n1.C/C(=N\OC(C)(C)CO)c1cnc2nnn(Cc3ccc4ncccc4c3)c2n1.C/C(=N\OC1COC1)c1cnc2nnn(Cc3ccc4ncccc4c3)c2n1.C/C(=N\OCCO)c1cnc2nnn(C(C)c3c(F)cc4ncccc4c3F)c2n1. The fraction of sp³-hybridized carbons (Fsp3) is 0.231. The summed E-state index contributed by atoms with van der Waals surface area (Å²) < 4.78 is 86.5. The first kappa shape index (κ1) is 93.2. The molecule has 48 heteroatoms. The van der Waals surface area contributed by atoms with Crippen LogP contribution in [0.4, 0.5) is 22.0 Å². The number of fused-ring (bicyclic) bond motifs is 10. The molecular weight excluding hydrogens is 1810 g/mol. The lowest BCUT2D eigenvalue weighted by Gasteiger charge is -2.23. The summed E-state index contributed by atoms with van der Waals surface area (Å²) in [5, 5.41) is 97.8. The summed E-state index contributed by atoms with van der Waals surface area (Å²) in [5.41, 5.74) is 12.5. The minimum absolute atomic E-state index is 0.0150. The van der Waals surface area contributed by atoms with Crippen LogP contribution in [-0.2, 0) is 38.9 Å². The van der Waals surface area contributed by atoms with Crippen LogP contribution >= 0.6 is 0 Å². The molecule has 0 saturated carbocycles. The Morgan fingerprint density at radius 2 is 0.799 bits per heavy atom. The first-order valence-corrected chi connectivity index (χ1v) is 42.7. The highest BCUT2D eigenvalue weighted by molar-refractivity contribution is 6.00. The van der Waals surface area contributed by atoms with Crippen LogP contribution in [0, 0.1) is 29.1 Å². The van der Waals surface area contributed by atoms with Crippen LogP contribution in [0.5, 0.6) is 0 Å². The van der Waals surface area contributed by atoms with Crippen molar-refractivity contribution in [1.29, 1.82) is 0 Å². The maximum atomic E-state index is 15.1. The van der Waals surface area contributed by atoms with E-state index in [0.717, 1.165) is 38.3 Å². The van der Waals surface area contributed by atoms with Gasteiger partial charge in [-0.3, -0.25) is 24.9 Å². The number of oxime groups is 5. The van der Waals surface area contributed by atoms with Crippen LogP contribution < -0.4 is 0 Å². The Kier molecular flexibility index (Phi) is 27.6. The summed E-state index contributed by atoms with van der Waals surface area (Å²) in [6, 6.07) is 33.8. The van der Waals surface area contributed by atoms with Crippen LogP contribution in [0.25, 0.3) is 111 Å². The molecule has 15 aromatic heterocycles. The Hall–Kier alpha value is -17.6. The molecule has 4 N–H and O–H groups in total. The van der Waals surface area contributed by atoms with Gasteiger partial charge >= 0.3 is 0 Å². The average molecular weight is 1890 g/mol. The third-order valence-corrected chi connectivity index (χ3v) is 21.7. The molecule has 1 fully saturated rings. The lowest BCUT2D eigenvalue weighted by atomic mass is 10.0. The van der Waals surface area contributed by atoms with E-state index in [2.05, 4.69) is 164 Å². The lowest BCUT2D eigenvalue weighted by molar-refractivity contribution is -0.128. The molecule has 702 valence electrons. The zero-order chi connectivity index (χ0) is 97.1. The Bertz CT molecular complexity index is 8160.